The maximum atomic E-state index is 6.67. The van der Waals surface area contributed by atoms with E-state index in [2.05, 4.69) is 26.8 Å². The lowest BCUT2D eigenvalue weighted by Crippen LogP contribution is -2.50. The molecule has 0 saturated heterocycles. The Morgan fingerprint density at radius 1 is 1.28 bits per heavy atom. The van der Waals surface area contributed by atoms with E-state index >= 15 is 0 Å². The van der Waals surface area contributed by atoms with Crippen molar-refractivity contribution in [3.05, 3.63) is 34.9 Å². The first-order valence-electron chi connectivity index (χ1n) is 6.82. The second-order valence-electron chi connectivity index (χ2n) is 6.98. The third kappa shape index (κ3) is 3.27. The van der Waals surface area contributed by atoms with Gasteiger partial charge in [0.05, 0.1) is 0 Å². The van der Waals surface area contributed by atoms with Gasteiger partial charge in [0.25, 0.3) is 0 Å². The lowest BCUT2D eigenvalue weighted by molar-refractivity contribution is 0.108. The molecule has 1 aromatic carbocycles. The van der Waals surface area contributed by atoms with E-state index in [9.17, 15) is 0 Å². The average Bonchev–Trinajstić information content (AvgIpc) is 2.17. The molecule has 1 saturated carbocycles. The molecular formula is C16H24ClN. The summed E-state index contributed by atoms with van der Waals surface area (Å²) in [6.07, 6.45) is 4.34. The van der Waals surface area contributed by atoms with E-state index < -0.39 is 0 Å². The normalized spacial score (nSPS) is 31.3. The maximum Gasteiger partial charge on any atom is 0.0438 e. The summed E-state index contributed by atoms with van der Waals surface area (Å²) < 4.78 is 0. The molecule has 18 heavy (non-hydrogen) atoms. The zero-order valence-corrected chi connectivity index (χ0v) is 12.4. The number of rotatable bonds is 2. The molecule has 2 atom stereocenters. The van der Waals surface area contributed by atoms with Crippen LogP contribution in [0.3, 0.4) is 0 Å². The summed E-state index contributed by atoms with van der Waals surface area (Å²) >= 11 is 6.26. The minimum Gasteiger partial charge on any atom is -0.325 e. The van der Waals surface area contributed by atoms with Crippen LogP contribution >= 0.6 is 11.6 Å². The molecule has 0 bridgehead atoms. The predicted molar refractivity (Wildman–Crippen MR) is 78.9 cm³/mol. The van der Waals surface area contributed by atoms with E-state index in [4.69, 9.17) is 17.3 Å². The van der Waals surface area contributed by atoms with Gasteiger partial charge in [0.15, 0.2) is 0 Å². The highest BCUT2D eigenvalue weighted by Gasteiger charge is 2.40. The van der Waals surface area contributed by atoms with Gasteiger partial charge in [-0.25, -0.2) is 0 Å². The van der Waals surface area contributed by atoms with E-state index in [-0.39, 0.29) is 5.54 Å². The zero-order valence-electron chi connectivity index (χ0n) is 11.7. The second kappa shape index (κ2) is 4.86. The highest BCUT2D eigenvalue weighted by molar-refractivity contribution is 6.31. The minimum absolute atomic E-state index is 0.105. The molecule has 2 unspecified atom stereocenters. The van der Waals surface area contributed by atoms with E-state index in [0.29, 0.717) is 11.3 Å². The van der Waals surface area contributed by atoms with Gasteiger partial charge in [-0.05, 0) is 48.6 Å². The van der Waals surface area contributed by atoms with Crippen molar-refractivity contribution in [3.8, 4) is 0 Å². The van der Waals surface area contributed by atoms with E-state index in [0.717, 1.165) is 24.3 Å². The van der Waals surface area contributed by atoms with Crippen molar-refractivity contribution in [3.63, 3.8) is 0 Å². The monoisotopic (exact) mass is 265 g/mol. The number of halogens is 1. The van der Waals surface area contributed by atoms with Crippen LogP contribution in [0, 0.1) is 11.3 Å². The number of benzene rings is 1. The van der Waals surface area contributed by atoms with Crippen molar-refractivity contribution < 1.29 is 0 Å². The van der Waals surface area contributed by atoms with Crippen LogP contribution < -0.4 is 5.73 Å². The van der Waals surface area contributed by atoms with Crippen molar-refractivity contribution in [2.24, 2.45) is 17.1 Å². The first-order chi connectivity index (χ1) is 8.30. The largest absolute Gasteiger partial charge is 0.325 e. The Morgan fingerprint density at radius 3 is 2.56 bits per heavy atom. The van der Waals surface area contributed by atoms with Crippen LogP contribution in [0.15, 0.2) is 24.3 Å². The zero-order chi connectivity index (χ0) is 13.4. The second-order valence-corrected chi connectivity index (χ2v) is 7.39. The lowest BCUT2D eigenvalue weighted by Gasteiger charge is -2.46. The predicted octanol–water partition coefficient (Wildman–Crippen LogP) is 4.43. The number of hydrogen-bond donors (Lipinski definition) is 1. The van der Waals surface area contributed by atoms with E-state index in [1.807, 2.05) is 18.2 Å². The molecule has 1 aliphatic rings. The van der Waals surface area contributed by atoms with Crippen LogP contribution in [0.1, 0.15) is 45.6 Å². The number of nitrogens with two attached hydrogens (primary N) is 1. The highest BCUT2D eigenvalue weighted by atomic mass is 35.5. The van der Waals surface area contributed by atoms with Gasteiger partial charge in [-0.3, -0.25) is 0 Å². The standard InChI is InChI=1S/C16H24ClN/c1-12-8-15(2,3)11-16(18,9-12)10-13-6-4-5-7-14(13)17/h4-7,12H,8-11,18H2,1-3H3. The topological polar surface area (TPSA) is 26.0 Å². The molecule has 0 aliphatic heterocycles. The summed E-state index contributed by atoms with van der Waals surface area (Å²) in [5.74, 6) is 0.696. The molecular weight excluding hydrogens is 242 g/mol. The van der Waals surface area contributed by atoms with Crippen LogP contribution in [-0.2, 0) is 6.42 Å². The summed E-state index contributed by atoms with van der Waals surface area (Å²) in [5.41, 5.74) is 8.09. The summed E-state index contributed by atoms with van der Waals surface area (Å²) in [5, 5.41) is 0.846. The Labute approximate surface area is 116 Å². The minimum atomic E-state index is -0.105. The van der Waals surface area contributed by atoms with Crippen LogP contribution in [0.4, 0.5) is 0 Å². The van der Waals surface area contributed by atoms with Gasteiger partial charge >= 0.3 is 0 Å². The van der Waals surface area contributed by atoms with Gasteiger partial charge in [-0.15, -0.1) is 0 Å². The highest BCUT2D eigenvalue weighted by Crippen LogP contribution is 2.44. The van der Waals surface area contributed by atoms with Crippen LogP contribution in [0.5, 0.6) is 0 Å². The van der Waals surface area contributed by atoms with E-state index in [1.165, 1.54) is 12.0 Å². The Kier molecular flexibility index (Phi) is 3.75. The third-order valence-electron chi connectivity index (χ3n) is 3.99. The van der Waals surface area contributed by atoms with Crippen LogP contribution in [0.25, 0.3) is 0 Å². The summed E-state index contributed by atoms with van der Waals surface area (Å²) in [7, 11) is 0. The van der Waals surface area contributed by atoms with Gasteiger partial charge in [-0.1, -0.05) is 50.6 Å². The van der Waals surface area contributed by atoms with Crippen molar-refractivity contribution >= 4 is 11.6 Å². The molecule has 1 aromatic rings. The SMILES string of the molecule is CC1CC(C)(C)CC(N)(Cc2ccccc2Cl)C1. The van der Waals surface area contributed by atoms with Crippen molar-refractivity contribution in [2.45, 2.75) is 52.0 Å². The summed E-state index contributed by atoms with van der Waals surface area (Å²) in [4.78, 5) is 0. The first kappa shape index (κ1) is 13.9. The fourth-order valence-electron chi connectivity index (χ4n) is 3.96. The molecule has 2 rings (SSSR count). The third-order valence-corrected chi connectivity index (χ3v) is 4.36. The van der Waals surface area contributed by atoms with Gasteiger partial charge in [0.2, 0.25) is 0 Å². The Hall–Kier alpha value is -0.530. The van der Waals surface area contributed by atoms with Gasteiger partial charge in [0.1, 0.15) is 0 Å². The molecule has 0 spiro atoms. The molecule has 0 radical (unpaired) electrons. The summed E-state index contributed by atoms with van der Waals surface area (Å²) in [6, 6.07) is 8.07. The van der Waals surface area contributed by atoms with Crippen molar-refractivity contribution in [1.82, 2.24) is 0 Å². The summed E-state index contributed by atoms with van der Waals surface area (Å²) in [6.45, 7) is 6.98. The van der Waals surface area contributed by atoms with Crippen LogP contribution in [0.2, 0.25) is 5.02 Å². The van der Waals surface area contributed by atoms with Gasteiger partial charge < -0.3 is 5.73 Å². The fraction of sp³-hybridized carbons (Fsp3) is 0.625. The molecule has 0 heterocycles. The molecule has 100 valence electrons. The molecule has 0 amide bonds. The fourth-order valence-corrected chi connectivity index (χ4v) is 4.17. The molecule has 2 heteroatoms. The van der Waals surface area contributed by atoms with Gasteiger partial charge in [0, 0.05) is 10.6 Å². The van der Waals surface area contributed by atoms with Crippen molar-refractivity contribution in [1.29, 1.82) is 0 Å². The average molecular weight is 266 g/mol. The molecule has 1 nitrogen and oxygen atoms in total. The quantitative estimate of drug-likeness (QED) is 0.841. The lowest BCUT2D eigenvalue weighted by atomic mass is 9.63. The number of hydrogen-bond acceptors (Lipinski definition) is 1. The molecule has 1 aliphatic carbocycles. The first-order valence-corrected chi connectivity index (χ1v) is 7.20. The Balaban J connectivity index is 2.19. The van der Waals surface area contributed by atoms with Crippen molar-refractivity contribution in [2.75, 3.05) is 0 Å². The smallest absolute Gasteiger partial charge is 0.0438 e. The van der Waals surface area contributed by atoms with Crippen LogP contribution in [-0.4, -0.2) is 5.54 Å². The van der Waals surface area contributed by atoms with E-state index in [1.54, 1.807) is 0 Å². The molecule has 1 fully saturated rings. The molecule has 0 aromatic heterocycles. The van der Waals surface area contributed by atoms with Gasteiger partial charge in [-0.2, -0.15) is 0 Å². The Morgan fingerprint density at radius 2 is 1.94 bits per heavy atom. The Bertz CT molecular complexity index is 427. The maximum absolute atomic E-state index is 6.67. The molecule has 2 N–H and O–H groups in total.